The molecule has 1 aromatic rings. The molecular weight excluding hydrogens is 244 g/mol. The fourth-order valence-electron chi connectivity index (χ4n) is 3.68. The fourth-order valence-corrected chi connectivity index (χ4v) is 3.68. The number of aryl methyl sites for hydroxylation is 1. The van der Waals surface area contributed by atoms with Gasteiger partial charge in [0.05, 0.1) is 0 Å². The van der Waals surface area contributed by atoms with Crippen LogP contribution < -0.4 is 4.90 Å². The minimum atomic E-state index is 0.635. The van der Waals surface area contributed by atoms with E-state index in [1.165, 1.54) is 43.7 Å². The summed E-state index contributed by atoms with van der Waals surface area (Å²) < 4.78 is 0. The number of hydrogen-bond acceptors (Lipinski definition) is 2. The van der Waals surface area contributed by atoms with E-state index in [9.17, 15) is 0 Å². The highest BCUT2D eigenvalue weighted by Gasteiger charge is 2.32. The molecule has 0 radical (unpaired) electrons. The lowest BCUT2D eigenvalue weighted by atomic mass is 9.90. The molecule has 2 nitrogen and oxygen atoms in total. The van der Waals surface area contributed by atoms with Crippen molar-refractivity contribution in [1.29, 1.82) is 0 Å². The highest BCUT2D eigenvalue weighted by molar-refractivity contribution is 5.58. The molecule has 2 aliphatic rings. The number of piperazine rings is 1. The van der Waals surface area contributed by atoms with Crippen molar-refractivity contribution in [2.45, 2.75) is 58.5 Å². The Labute approximate surface area is 123 Å². The number of fused-ring (bicyclic) bond motifs is 3. The van der Waals surface area contributed by atoms with Gasteiger partial charge in [-0.1, -0.05) is 26.0 Å². The van der Waals surface area contributed by atoms with Crippen LogP contribution in [0, 0.1) is 0 Å². The summed E-state index contributed by atoms with van der Waals surface area (Å²) in [5, 5.41) is 0. The van der Waals surface area contributed by atoms with Gasteiger partial charge in [0.25, 0.3) is 0 Å². The van der Waals surface area contributed by atoms with Gasteiger partial charge in [0.15, 0.2) is 0 Å². The van der Waals surface area contributed by atoms with Crippen molar-refractivity contribution in [3.63, 3.8) is 0 Å². The number of hydrogen-bond donors (Lipinski definition) is 0. The lowest BCUT2D eigenvalue weighted by Gasteiger charge is -2.47. The topological polar surface area (TPSA) is 6.48 Å². The van der Waals surface area contributed by atoms with Crippen LogP contribution in [0.5, 0.6) is 0 Å². The minimum Gasteiger partial charge on any atom is -0.366 e. The maximum Gasteiger partial charge on any atom is 0.0421 e. The second-order valence-electron chi connectivity index (χ2n) is 7.02. The van der Waals surface area contributed by atoms with Gasteiger partial charge < -0.3 is 4.90 Å². The molecule has 1 fully saturated rings. The van der Waals surface area contributed by atoms with E-state index in [1.54, 1.807) is 5.56 Å². The Kier molecular flexibility index (Phi) is 3.76. The molecule has 0 spiro atoms. The highest BCUT2D eigenvalue weighted by Crippen LogP contribution is 2.34. The van der Waals surface area contributed by atoms with Gasteiger partial charge in [-0.2, -0.15) is 0 Å². The monoisotopic (exact) mass is 272 g/mol. The molecule has 1 atom stereocenters. The summed E-state index contributed by atoms with van der Waals surface area (Å²) in [5.41, 5.74) is 4.57. The van der Waals surface area contributed by atoms with Crippen LogP contribution in [0.3, 0.4) is 0 Å². The Bertz CT molecular complexity index is 478. The van der Waals surface area contributed by atoms with E-state index < -0.39 is 0 Å². The predicted molar refractivity (Wildman–Crippen MR) is 86.7 cm³/mol. The Morgan fingerprint density at radius 1 is 1.10 bits per heavy atom. The van der Waals surface area contributed by atoms with Crippen LogP contribution in [-0.4, -0.2) is 36.6 Å². The van der Waals surface area contributed by atoms with E-state index in [1.807, 2.05) is 0 Å². The number of benzene rings is 1. The van der Waals surface area contributed by atoms with Gasteiger partial charge in [0.1, 0.15) is 0 Å². The first kappa shape index (κ1) is 13.9. The van der Waals surface area contributed by atoms with Gasteiger partial charge in [-0.15, -0.1) is 0 Å². The van der Waals surface area contributed by atoms with Crippen LogP contribution in [0.4, 0.5) is 5.69 Å². The van der Waals surface area contributed by atoms with Crippen molar-refractivity contribution in [2.75, 3.05) is 24.5 Å². The third-order valence-electron chi connectivity index (χ3n) is 5.07. The summed E-state index contributed by atoms with van der Waals surface area (Å²) >= 11 is 0. The zero-order valence-corrected chi connectivity index (χ0v) is 13.4. The van der Waals surface area contributed by atoms with Crippen LogP contribution in [-0.2, 0) is 6.42 Å². The first-order valence-corrected chi connectivity index (χ1v) is 8.19. The lowest BCUT2D eigenvalue weighted by Crippen LogP contribution is -2.56. The Morgan fingerprint density at radius 2 is 1.90 bits per heavy atom. The smallest absolute Gasteiger partial charge is 0.0421 e. The number of rotatable bonds is 2. The maximum atomic E-state index is 2.67. The second kappa shape index (κ2) is 5.40. The van der Waals surface area contributed by atoms with E-state index >= 15 is 0 Å². The Hall–Kier alpha value is -1.02. The normalized spacial score (nSPS) is 23.1. The predicted octanol–water partition coefficient (Wildman–Crippen LogP) is 3.66. The zero-order valence-electron chi connectivity index (χ0n) is 13.4. The van der Waals surface area contributed by atoms with Gasteiger partial charge in [-0.25, -0.2) is 0 Å². The summed E-state index contributed by atoms with van der Waals surface area (Å²) in [7, 11) is 0. The van der Waals surface area contributed by atoms with Gasteiger partial charge in [0, 0.05) is 37.4 Å². The van der Waals surface area contributed by atoms with E-state index in [-0.39, 0.29) is 0 Å². The van der Waals surface area contributed by atoms with Crippen molar-refractivity contribution < 1.29 is 0 Å². The molecule has 2 heterocycles. The van der Waals surface area contributed by atoms with Gasteiger partial charge >= 0.3 is 0 Å². The van der Waals surface area contributed by atoms with Crippen molar-refractivity contribution in [3.05, 3.63) is 29.3 Å². The van der Waals surface area contributed by atoms with Crippen LogP contribution in [0.2, 0.25) is 0 Å². The molecule has 1 aromatic carbocycles. The van der Waals surface area contributed by atoms with Crippen LogP contribution in [0.25, 0.3) is 0 Å². The summed E-state index contributed by atoms with van der Waals surface area (Å²) in [6, 6.07) is 8.57. The largest absolute Gasteiger partial charge is 0.366 e. The maximum absolute atomic E-state index is 2.67. The van der Waals surface area contributed by atoms with E-state index in [4.69, 9.17) is 0 Å². The average Bonchev–Trinajstić information content (AvgIpc) is 2.45. The zero-order chi connectivity index (χ0) is 14.3. The molecule has 0 saturated carbocycles. The molecule has 0 amide bonds. The van der Waals surface area contributed by atoms with Crippen molar-refractivity contribution in [3.8, 4) is 0 Å². The summed E-state index contributed by atoms with van der Waals surface area (Å²) in [6.45, 7) is 12.9. The molecule has 0 aliphatic carbocycles. The van der Waals surface area contributed by atoms with Gasteiger partial charge in [0.2, 0.25) is 0 Å². The summed E-state index contributed by atoms with van der Waals surface area (Å²) in [5.74, 6) is 0.635. The standard InChI is InChI=1S/C18H28N2/c1-13(2)15-6-8-18-16(11-15)5-7-17-12-19(14(3)4)9-10-20(17)18/h6,8,11,13-14,17H,5,7,9-10,12H2,1-4H3/t17-/m1/s1. The molecule has 0 unspecified atom stereocenters. The molecule has 0 bridgehead atoms. The molecule has 3 rings (SSSR count). The van der Waals surface area contributed by atoms with E-state index in [0.29, 0.717) is 12.0 Å². The minimum absolute atomic E-state index is 0.635. The quantitative estimate of drug-likeness (QED) is 0.811. The molecule has 2 aliphatic heterocycles. The molecular formula is C18H28N2. The summed E-state index contributed by atoms with van der Waals surface area (Å²) in [4.78, 5) is 5.30. The molecule has 1 saturated heterocycles. The third kappa shape index (κ3) is 2.46. The van der Waals surface area contributed by atoms with E-state index in [2.05, 4.69) is 55.7 Å². The molecule has 0 N–H and O–H groups in total. The average molecular weight is 272 g/mol. The van der Waals surface area contributed by atoms with Crippen molar-refractivity contribution in [1.82, 2.24) is 4.90 Å². The summed E-state index contributed by atoms with van der Waals surface area (Å²) in [6.07, 6.45) is 2.57. The molecule has 0 aromatic heterocycles. The third-order valence-corrected chi connectivity index (χ3v) is 5.07. The number of anilines is 1. The van der Waals surface area contributed by atoms with Gasteiger partial charge in [-0.3, -0.25) is 4.90 Å². The SMILES string of the molecule is CC(C)c1ccc2c(c1)CC[C@@H]1CN(C(C)C)CCN21. The number of nitrogens with zero attached hydrogens (tertiary/aromatic N) is 2. The second-order valence-corrected chi connectivity index (χ2v) is 7.02. The van der Waals surface area contributed by atoms with E-state index in [0.717, 1.165) is 6.04 Å². The molecule has 20 heavy (non-hydrogen) atoms. The first-order chi connectivity index (χ1) is 9.56. The Balaban J connectivity index is 1.83. The van der Waals surface area contributed by atoms with Crippen LogP contribution in [0.1, 0.15) is 51.2 Å². The molecule has 2 heteroatoms. The Morgan fingerprint density at radius 3 is 2.60 bits per heavy atom. The van der Waals surface area contributed by atoms with Crippen LogP contribution in [0.15, 0.2) is 18.2 Å². The lowest BCUT2D eigenvalue weighted by molar-refractivity contribution is 0.174. The first-order valence-electron chi connectivity index (χ1n) is 8.19. The fraction of sp³-hybridized carbons (Fsp3) is 0.667. The van der Waals surface area contributed by atoms with Gasteiger partial charge in [-0.05, 0) is 49.8 Å². The molecule has 110 valence electrons. The van der Waals surface area contributed by atoms with Crippen molar-refractivity contribution in [2.24, 2.45) is 0 Å². The van der Waals surface area contributed by atoms with Crippen LogP contribution >= 0.6 is 0 Å². The highest BCUT2D eigenvalue weighted by atomic mass is 15.3. The van der Waals surface area contributed by atoms with Crippen molar-refractivity contribution >= 4 is 5.69 Å².